The van der Waals surface area contributed by atoms with Gasteiger partial charge in [0.15, 0.2) is 18.1 Å². The number of aromatic nitrogens is 3. The number of nitrogen functional groups attached to an aromatic ring is 1. The van der Waals surface area contributed by atoms with Gasteiger partial charge in [0.05, 0.1) is 30.6 Å². The van der Waals surface area contributed by atoms with Crippen LogP contribution in [0.4, 0.5) is 21.8 Å². The fourth-order valence-electron chi connectivity index (χ4n) is 10.1. The Labute approximate surface area is 596 Å². The topological polar surface area (TPSA) is 368 Å². The van der Waals surface area contributed by atoms with E-state index in [1.807, 2.05) is 97.1 Å². The van der Waals surface area contributed by atoms with Crippen molar-refractivity contribution in [3.8, 4) is 0 Å². The number of benzene rings is 5. The predicted octanol–water partition coefficient (Wildman–Crippen LogP) is 13.2. The van der Waals surface area contributed by atoms with Crippen LogP contribution < -0.4 is 22.1 Å². The molecule has 2 amide bonds. The normalized spacial score (nSPS) is 15.9. The lowest BCUT2D eigenvalue weighted by molar-refractivity contribution is -0.146. The van der Waals surface area contributed by atoms with E-state index in [0.717, 1.165) is 78.9 Å². The van der Waals surface area contributed by atoms with Gasteiger partial charge in [-0.15, -0.1) is 69.3 Å². The second-order valence-corrected chi connectivity index (χ2v) is 28.9. The summed E-state index contributed by atoms with van der Waals surface area (Å²) in [7, 11) is 0. The van der Waals surface area contributed by atoms with Gasteiger partial charge in [-0.3, -0.25) is 38.9 Å². The number of anilines is 3. The number of hydrogen-bond acceptors (Lipinski definition) is 24. The first kappa shape index (κ1) is 77.8. The highest BCUT2D eigenvalue weighted by Gasteiger charge is 2.30. The summed E-state index contributed by atoms with van der Waals surface area (Å²) < 4.78 is 13.5. The van der Waals surface area contributed by atoms with E-state index in [-0.39, 0.29) is 81.0 Å². The third-order valence-corrected chi connectivity index (χ3v) is 21.9. The van der Waals surface area contributed by atoms with Crippen molar-refractivity contribution in [2.45, 2.75) is 123 Å². The Morgan fingerprint density at radius 2 is 0.899 bits per heavy atom. The number of fused-ring (bicyclic) bond motifs is 3. The van der Waals surface area contributed by atoms with Crippen molar-refractivity contribution >= 4 is 180 Å². The number of carboxylic acid groups (broad SMARTS) is 3. The van der Waals surface area contributed by atoms with Crippen LogP contribution in [0.3, 0.4) is 0 Å². The highest BCUT2D eigenvalue weighted by molar-refractivity contribution is 8.15. The molecular formula is C69H79FN10O13S6. The summed E-state index contributed by atoms with van der Waals surface area (Å²) in [6, 6.07) is 33.2. The predicted molar refractivity (Wildman–Crippen MR) is 398 cm³/mol. The molecule has 0 saturated heterocycles. The second kappa shape index (κ2) is 38.7. The van der Waals surface area contributed by atoms with E-state index in [1.165, 1.54) is 69.3 Å². The maximum absolute atomic E-state index is 13.3. The zero-order chi connectivity index (χ0) is 68.8. The lowest BCUT2D eigenvalue weighted by Crippen LogP contribution is -2.24. The van der Waals surface area contributed by atoms with E-state index >= 15 is 0 Å². The SMILES string of the molecule is C.CC(=O)CCCCC[C@H](CCC(=O)OCc1ccccc1)C(=O)Nc1ccc2nc(C3=N[C@@H](C(=O)O)CS3)sc2c1.F.NCCCC[C@H](CCC(=O)OCc1ccccc1)C(=O)Nc1ccc2nc(C3=N[C@@H](C(=O)O)CS3)sc2c1.Nc1ccc2nc(C3=N[C@@H](C(=O)O)CS3)sc2c1.[2HH]. The molecule has 30 heteroatoms. The van der Waals surface area contributed by atoms with Crippen LogP contribution in [0.25, 0.3) is 30.6 Å². The summed E-state index contributed by atoms with van der Waals surface area (Å²) in [4.78, 5) is 122. The molecule has 23 nitrogen and oxygen atoms in total. The standard InChI is InChI=1S/C30H33N3O6S2.C27H30N4O5S2.C11H9N3O2S2.CH4.FH.H2/c1-19(34)8-4-2-7-11-21(12-15-26(35)39-17-20-9-5-3-6-10-20)27(36)31-22-13-14-23-25(16-22)41-29(32-23)28-33-24(18-40-28)30(37)38;28-13-5-4-8-18(9-12-23(32)36-15-17-6-2-1-3-7-17)24(33)29-19-10-11-20-22(14-19)38-26(30-20)25-31-21(16-37-25)27(34)35;12-5-1-2-6-8(3-5)18-10(13-6)9-14-7(4-17-9)11(15)16;;;/h3,5-6,9-10,13-14,16,21,24H,2,4,7-8,11-12,15,17-18H2,1H3,(H,31,36)(H,37,38);1-3,6-7,10-11,14,18,21H,4-5,8-9,12-13,15-16,28H2,(H,29,33)(H,34,35);1-3,7H,4,12H2,(H,15,16);1H4;2*1H/t21-,24-;18-,21-;7-;;;/m111.../s1/i;;;;;1+1. The van der Waals surface area contributed by atoms with Crippen molar-refractivity contribution in [1.29, 1.82) is 0 Å². The van der Waals surface area contributed by atoms with Crippen molar-refractivity contribution < 1.29 is 69.3 Å². The molecule has 0 radical (unpaired) electrons. The number of aliphatic imine (C=N–C) groups is 3. The van der Waals surface area contributed by atoms with Gasteiger partial charge in [0.2, 0.25) is 11.8 Å². The van der Waals surface area contributed by atoms with Gasteiger partial charge in [-0.1, -0.05) is 87.4 Å². The van der Waals surface area contributed by atoms with Crippen LogP contribution in [0, 0.1) is 11.8 Å². The Bertz CT molecular complexity index is 4240. The number of hydrogen-bond donors (Lipinski definition) is 7. The summed E-state index contributed by atoms with van der Waals surface area (Å²) in [5.74, 6) is -3.10. The number of carboxylic acids is 3. The molecule has 526 valence electrons. The van der Waals surface area contributed by atoms with Gasteiger partial charge in [-0.25, -0.2) is 29.3 Å². The number of thiazole rings is 3. The number of Topliss-reactive ketones (excluding diaryl/α,β-unsaturated/α-hetero) is 1. The Hall–Kier alpha value is -8.52. The molecule has 0 aliphatic carbocycles. The Balaban J connectivity index is 0.000000248. The smallest absolute Gasteiger partial charge is 0.329 e. The number of halogens is 1. The molecule has 0 unspecified atom stereocenters. The van der Waals surface area contributed by atoms with Gasteiger partial charge in [0, 0.05) is 66.8 Å². The Kier molecular flexibility index (Phi) is 30.5. The molecule has 3 aliphatic rings. The minimum Gasteiger partial charge on any atom is -0.480 e. The van der Waals surface area contributed by atoms with Gasteiger partial charge >= 0.3 is 29.8 Å². The van der Waals surface area contributed by atoms with E-state index < -0.39 is 36.0 Å². The number of esters is 2. The maximum atomic E-state index is 13.3. The number of nitrogens with two attached hydrogens (primary N) is 2. The quantitative estimate of drug-likeness (QED) is 0.0125. The number of unbranched alkanes of at least 4 members (excludes halogenated alkanes) is 3. The molecule has 11 rings (SSSR count). The molecule has 0 spiro atoms. The zero-order valence-electron chi connectivity index (χ0n) is 53.2. The molecule has 3 aromatic heterocycles. The second-order valence-electron chi connectivity index (χ2n) is 22.8. The van der Waals surface area contributed by atoms with Crippen molar-refractivity contribution in [3.63, 3.8) is 0 Å². The lowest BCUT2D eigenvalue weighted by atomic mass is 9.94. The number of aliphatic carboxylic acids is 3. The number of carbonyl (C=O) groups is 8. The first-order valence-electron chi connectivity index (χ1n) is 31.3. The number of thioether (sulfide) groups is 3. The molecule has 8 aromatic rings. The van der Waals surface area contributed by atoms with Crippen LogP contribution in [0.2, 0.25) is 0 Å². The fourth-order valence-corrected chi connectivity index (χ4v) is 16.4. The molecule has 99 heavy (non-hydrogen) atoms. The molecular weight excluding hydrogens is 1390 g/mol. The molecule has 6 heterocycles. The van der Waals surface area contributed by atoms with E-state index in [0.29, 0.717) is 98.1 Å². The third-order valence-electron chi connectivity index (χ3n) is 15.3. The van der Waals surface area contributed by atoms with Crippen LogP contribution in [0.5, 0.6) is 0 Å². The minimum atomic E-state index is -0.948. The molecule has 0 saturated carbocycles. The number of ketones is 1. The molecule has 0 fully saturated rings. The van der Waals surface area contributed by atoms with Gasteiger partial charge in [0.25, 0.3) is 0 Å². The number of amides is 2. The van der Waals surface area contributed by atoms with Gasteiger partial charge < -0.3 is 51.7 Å². The minimum absolute atomic E-state index is 0. The van der Waals surface area contributed by atoms with Crippen molar-refractivity contribution in [2.75, 3.05) is 40.2 Å². The maximum Gasteiger partial charge on any atom is 0.329 e. The summed E-state index contributed by atoms with van der Waals surface area (Å²) in [6.07, 6.45) is 6.79. The number of nitrogens with zero attached hydrogens (tertiary/aromatic N) is 6. The summed E-state index contributed by atoms with van der Waals surface area (Å²) in [6.45, 7) is 2.53. The Morgan fingerprint density at radius 3 is 1.27 bits per heavy atom. The average molecular weight is 1470 g/mol. The van der Waals surface area contributed by atoms with Crippen LogP contribution in [-0.4, -0.2) is 135 Å². The summed E-state index contributed by atoms with van der Waals surface area (Å²) in [5, 5.41) is 37.3. The molecule has 3 aliphatic heterocycles. The van der Waals surface area contributed by atoms with E-state index in [9.17, 15) is 48.6 Å². The monoisotopic (exact) mass is 1470 g/mol. The highest BCUT2D eigenvalue weighted by atomic mass is 32.2. The summed E-state index contributed by atoms with van der Waals surface area (Å²) in [5.41, 5.74) is 17.5. The summed E-state index contributed by atoms with van der Waals surface area (Å²) >= 11 is 8.50. The van der Waals surface area contributed by atoms with Crippen LogP contribution in [0.1, 0.15) is 119 Å². The van der Waals surface area contributed by atoms with Crippen molar-refractivity contribution in [1.82, 2.24) is 15.0 Å². The average Bonchev–Trinajstić information content (AvgIpc) is 1.71. The molecule has 9 N–H and O–H groups in total. The number of rotatable bonds is 30. The van der Waals surface area contributed by atoms with Crippen LogP contribution in [0.15, 0.2) is 130 Å². The van der Waals surface area contributed by atoms with Gasteiger partial charge in [-0.05, 0) is 118 Å². The fraction of sp³-hybridized carbons (Fsp3) is 0.362. The van der Waals surface area contributed by atoms with Crippen LogP contribution in [-0.2, 0) is 61.0 Å². The van der Waals surface area contributed by atoms with Gasteiger partial charge in [-0.2, -0.15) is 0 Å². The van der Waals surface area contributed by atoms with E-state index in [1.54, 1.807) is 25.1 Å². The molecule has 0 bridgehead atoms. The first-order chi connectivity index (χ1) is 46.8. The van der Waals surface area contributed by atoms with Gasteiger partial charge in [0.1, 0.15) is 49.2 Å². The largest absolute Gasteiger partial charge is 0.480 e. The number of carbonyl (C=O) groups excluding carboxylic acids is 5. The Morgan fingerprint density at radius 1 is 0.515 bits per heavy atom. The molecule has 5 aromatic carbocycles. The van der Waals surface area contributed by atoms with E-state index in [4.69, 9.17) is 26.0 Å². The highest BCUT2D eigenvalue weighted by Crippen LogP contribution is 2.35. The number of ether oxygens (including phenoxy) is 2. The lowest BCUT2D eigenvalue weighted by Gasteiger charge is -2.17. The van der Waals surface area contributed by atoms with Crippen LogP contribution >= 0.6 is 69.3 Å². The van der Waals surface area contributed by atoms with Crippen molar-refractivity contribution in [3.05, 3.63) is 141 Å². The molecule has 5 atom stereocenters. The van der Waals surface area contributed by atoms with Crippen molar-refractivity contribution in [2.24, 2.45) is 32.5 Å². The first-order valence-corrected chi connectivity index (χ1v) is 36.7. The third kappa shape index (κ3) is 23.6. The number of nitrogens with one attached hydrogen (secondary N) is 2. The zero-order valence-corrected chi connectivity index (χ0v) is 58.1. The van der Waals surface area contributed by atoms with E-state index in [2.05, 4.69) is 40.6 Å².